The first-order chi connectivity index (χ1) is 8.15. The molecule has 0 saturated heterocycles. The van der Waals surface area contributed by atoms with E-state index in [4.69, 9.17) is 16.7 Å². The monoisotopic (exact) mass is 264 g/mol. The minimum Gasteiger partial charge on any atom is -0.478 e. The Labute approximate surface area is 108 Å². The molecule has 0 radical (unpaired) electrons. The molecule has 2 aromatic rings. The highest BCUT2D eigenvalue weighted by atomic mass is 35.5. The van der Waals surface area contributed by atoms with Crippen molar-refractivity contribution < 1.29 is 9.90 Å². The van der Waals surface area contributed by atoms with Gasteiger partial charge in [0.15, 0.2) is 0 Å². The summed E-state index contributed by atoms with van der Waals surface area (Å²) in [7, 11) is 0. The summed E-state index contributed by atoms with van der Waals surface area (Å²) in [5.74, 6) is -0.942. The molecule has 1 aromatic carbocycles. The van der Waals surface area contributed by atoms with Crippen molar-refractivity contribution in [3.8, 4) is 10.4 Å². The smallest absolute Gasteiger partial charge is 0.328 e. The number of halogens is 1. The third-order valence-corrected chi connectivity index (χ3v) is 3.46. The number of benzene rings is 1. The molecule has 0 fully saturated rings. The van der Waals surface area contributed by atoms with Gasteiger partial charge in [0.2, 0.25) is 0 Å². The Bertz CT molecular complexity index is 572. The van der Waals surface area contributed by atoms with E-state index in [2.05, 4.69) is 0 Å². The maximum absolute atomic E-state index is 10.4. The lowest BCUT2D eigenvalue weighted by Crippen LogP contribution is -1.84. The van der Waals surface area contributed by atoms with Crippen molar-refractivity contribution in [1.29, 1.82) is 0 Å². The maximum Gasteiger partial charge on any atom is 0.328 e. The Hall–Kier alpha value is -1.58. The molecule has 0 aliphatic carbocycles. The van der Waals surface area contributed by atoms with Gasteiger partial charge in [-0.2, -0.15) is 0 Å². The molecule has 0 bridgehead atoms. The van der Waals surface area contributed by atoms with Gasteiger partial charge in [-0.3, -0.25) is 0 Å². The average Bonchev–Trinajstić information content (AvgIpc) is 2.75. The van der Waals surface area contributed by atoms with E-state index in [1.807, 2.05) is 36.4 Å². The summed E-state index contributed by atoms with van der Waals surface area (Å²) in [6.45, 7) is 0. The molecular formula is C13H9ClO2S. The minimum absolute atomic E-state index is 0.693. The highest BCUT2D eigenvalue weighted by Crippen LogP contribution is 2.30. The summed E-state index contributed by atoms with van der Waals surface area (Å²) in [6, 6.07) is 11.4. The Kier molecular flexibility index (Phi) is 3.61. The molecule has 2 nitrogen and oxygen atoms in total. The number of carbonyl (C=O) groups is 1. The number of hydrogen-bond acceptors (Lipinski definition) is 2. The Morgan fingerprint density at radius 2 is 2.12 bits per heavy atom. The first kappa shape index (κ1) is 11.9. The fourth-order valence-electron chi connectivity index (χ4n) is 1.39. The molecule has 0 saturated carbocycles. The van der Waals surface area contributed by atoms with Crippen molar-refractivity contribution in [3.05, 3.63) is 52.4 Å². The van der Waals surface area contributed by atoms with Crippen LogP contribution in [0.1, 0.15) is 4.88 Å². The molecule has 2 rings (SSSR count). The Morgan fingerprint density at radius 1 is 1.29 bits per heavy atom. The van der Waals surface area contributed by atoms with Gasteiger partial charge in [-0.25, -0.2) is 4.79 Å². The summed E-state index contributed by atoms with van der Waals surface area (Å²) < 4.78 is 0. The lowest BCUT2D eigenvalue weighted by Gasteiger charge is -1.96. The first-order valence-electron chi connectivity index (χ1n) is 4.92. The highest BCUT2D eigenvalue weighted by molar-refractivity contribution is 7.16. The lowest BCUT2D eigenvalue weighted by atomic mass is 10.2. The fourth-order valence-corrected chi connectivity index (χ4v) is 2.49. The molecule has 0 aliphatic heterocycles. The zero-order chi connectivity index (χ0) is 12.3. The van der Waals surface area contributed by atoms with Gasteiger partial charge in [0.05, 0.1) is 0 Å². The molecule has 0 amide bonds. The molecular weight excluding hydrogens is 256 g/mol. The van der Waals surface area contributed by atoms with Crippen molar-refractivity contribution >= 4 is 35.0 Å². The summed E-state index contributed by atoms with van der Waals surface area (Å²) in [6.07, 6.45) is 2.72. The topological polar surface area (TPSA) is 37.3 Å². The molecule has 0 aliphatic rings. The van der Waals surface area contributed by atoms with Crippen molar-refractivity contribution in [3.63, 3.8) is 0 Å². The number of hydrogen-bond donors (Lipinski definition) is 1. The molecule has 0 spiro atoms. The van der Waals surface area contributed by atoms with Gasteiger partial charge < -0.3 is 5.11 Å². The van der Waals surface area contributed by atoms with Gasteiger partial charge in [-0.1, -0.05) is 23.7 Å². The standard InChI is InChI=1S/C13H9ClO2S/c14-10-3-1-2-9(8-10)12-6-4-11(17-12)5-7-13(15)16/h1-8H,(H,15,16). The third-order valence-electron chi connectivity index (χ3n) is 2.13. The number of thiophene rings is 1. The number of carboxylic acids is 1. The quantitative estimate of drug-likeness (QED) is 0.845. The van der Waals surface area contributed by atoms with Gasteiger partial charge in [0, 0.05) is 20.9 Å². The van der Waals surface area contributed by atoms with Crippen LogP contribution in [0, 0.1) is 0 Å². The largest absolute Gasteiger partial charge is 0.478 e. The van der Waals surface area contributed by atoms with Crippen LogP contribution >= 0.6 is 22.9 Å². The molecule has 0 unspecified atom stereocenters. The third kappa shape index (κ3) is 3.19. The SMILES string of the molecule is O=C(O)C=Cc1ccc(-c2cccc(Cl)c2)s1. The first-order valence-corrected chi connectivity index (χ1v) is 6.11. The van der Waals surface area contributed by atoms with Crippen LogP contribution < -0.4 is 0 Å². The number of aliphatic carboxylic acids is 1. The molecule has 86 valence electrons. The minimum atomic E-state index is -0.942. The Balaban J connectivity index is 2.27. The van der Waals surface area contributed by atoms with Gasteiger partial charge in [-0.15, -0.1) is 11.3 Å². The summed E-state index contributed by atoms with van der Waals surface area (Å²) in [4.78, 5) is 12.4. The summed E-state index contributed by atoms with van der Waals surface area (Å²) in [5.41, 5.74) is 1.04. The predicted molar refractivity (Wildman–Crippen MR) is 71.4 cm³/mol. The van der Waals surface area contributed by atoms with Gasteiger partial charge >= 0.3 is 5.97 Å². The van der Waals surface area contributed by atoms with Crippen LogP contribution in [0.2, 0.25) is 5.02 Å². The van der Waals surface area contributed by atoms with Crippen LogP contribution in [0.5, 0.6) is 0 Å². The molecule has 1 aromatic heterocycles. The van der Waals surface area contributed by atoms with Crippen LogP contribution in [-0.4, -0.2) is 11.1 Å². The molecule has 1 heterocycles. The van der Waals surface area contributed by atoms with E-state index in [-0.39, 0.29) is 0 Å². The van der Waals surface area contributed by atoms with E-state index in [1.54, 1.807) is 6.08 Å². The van der Waals surface area contributed by atoms with Crippen molar-refractivity contribution in [2.45, 2.75) is 0 Å². The maximum atomic E-state index is 10.4. The van der Waals surface area contributed by atoms with Gasteiger partial charge in [0.1, 0.15) is 0 Å². The van der Waals surface area contributed by atoms with Crippen LogP contribution in [0.3, 0.4) is 0 Å². The highest BCUT2D eigenvalue weighted by Gasteiger charge is 2.02. The Morgan fingerprint density at radius 3 is 2.82 bits per heavy atom. The number of carboxylic acid groups (broad SMARTS) is 1. The van der Waals surface area contributed by atoms with Gasteiger partial charge in [0.25, 0.3) is 0 Å². The fraction of sp³-hybridized carbons (Fsp3) is 0. The summed E-state index contributed by atoms with van der Waals surface area (Å²) in [5, 5.41) is 9.23. The van der Waals surface area contributed by atoms with Crippen LogP contribution in [-0.2, 0) is 4.79 Å². The second-order valence-corrected chi connectivity index (χ2v) is 4.94. The van der Waals surface area contributed by atoms with Crippen molar-refractivity contribution in [2.24, 2.45) is 0 Å². The van der Waals surface area contributed by atoms with E-state index >= 15 is 0 Å². The van der Waals surface area contributed by atoms with E-state index in [0.29, 0.717) is 5.02 Å². The zero-order valence-electron chi connectivity index (χ0n) is 8.76. The van der Waals surface area contributed by atoms with Crippen LogP contribution in [0.4, 0.5) is 0 Å². The van der Waals surface area contributed by atoms with Gasteiger partial charge in [-0.05, 0) is 35.9 Å². The van der Waals surface area contributed by atoms with Crippen molar-refractivity contribution in [2.75, 3.05) is 0 Å². The van der Waals surface area contributed by atoms with Crippen molar-refractivity contribution in [1.82, 2.24) is 0 Å². The van der Waals surface area contributed by atoms with E-state index in [9.17, 15) is 4.79 Å². The van der Waals surface area contributed by atoms with E-state index in [0.717, 1.165) is 21.4 Å². The van der Waals surface area contributed by atoms with Crippen LogP contribution in [0.25, 0.3) is 16.5 Å². The molecule has 0 atom stereocenters. The predicted octanol–water partition coefficient (Wildman–Crippen LogP) is 4.17. The number of rotatable bonds is 3. The summed E-state index contributed by atoms with van der Waals surface area (Å²) >= 11 is 7.45. The second kappa shape index (κ2) is 5.17. The molecule has 4 heteroatoms. The normalized spacial score (nSPS) is 10.9. The molecule has 17 heavy (non-hydrogen) atoms. The zero-order valence-corrected chi connectivity index (χ0v) is 10.3. The van der Waals surface area contributed by atoms with E-state index in [1.165, 1.54) is 11.3 Å². The second-order valence-electron chi connectivity index (χ2n) is 3.38. The average molecular weight is 265 g/mol. The van der Waals surface area contributed by atoms with Crippen LogP contribution in [0.15, 0.2) is 42.5 Å². The lowest BCUT2D eigenvalue weighted by molar-refractivity contribution is -0.131. The van der Waals surface area contributed by atoms with E-state index < -0.39 is 5.97 Å². The molecule has 1 N–H and O–H groups in total.